The highest BCUT2D eigenvalue weighted by Crippen LogP contribution is 2.81. The van der Waals surface area contributed by atoms with Crippen LogP contribution in [0.25, 0.3) is 0 Å². The van der Waals surface area contributed by atoms with E-state index < -0.39 is 22.7 Å². The van der Waals surface area contributed by atoms with Crippen molar-refractivity contribution in [3.63, 3.8) is 0 Å². The number of hydrogen-bond acceptors (Lipinski definition) is 1. The molecule has 2 bridgehead atoms. The number of alkyl halides is 2. The van der Waals surface area contributed by atoms with Crippen LogP contribution in [0.3, 0.4) is 0 Å². The molecule has 3 aliphatic carbocycles. The Balaban J connectivity index is 1.99. The van der Waals surface area contributed by atoms with Crippen molar-refractivity contribution in [1.82, 2.24) is 0 Å². The highest BCUT2D eigenvalue weighted by atomic mass is 19.3. The third-order valence-electron chi connectivity index (χ3n) is 4.42. The molecule has 0 unspecified atom stereocenters. The van der Waals surface area contributed by atoms with E-state index in [1.165, 1.54) is 0 Å². The summed E-state index contributed by atoms with van der Waals surface area (Å²) >= 11 is 0. The molecule has 0 aromatic heterocycles. The predicted molar refractivity (Wildman–Crippen MR) is 57.1 cm³/mol. The first-order valence-electron chi connectivity index (χ1n) is 5.54. The number of aryl methyl sites for hydroxylation is 1. The molecule has 90 valence electrons. The molecule has 3 aliphatic rings. The smallest absolute Gasteiger partial charge is 0.315 e. The van der Waals surface area contributed by atoms with E-state index in [-0.39, 0.29) is 12.8 Å². The fourth-order valence-corrected chi connectivity index (χ4v) is 3.21. The van der Waals surface area contributed by atoms with Crippen molar-refractivity contribution in [1.29, 1.82) is 0 Å². The standard InChI is InChI=1S/C13H12F2O2/c1-8-2-4-9(5-3-8)11-6-12(7-11,10(16)17)13(11,14)15/h2-5H,6-7H2,1H3,(H,16,17). The third kappa shape index (κ3) is 0.897. The third-order valence-corrected chi connectivity index (χ3v) is 4.42. The average molecular weight is 238 g/mol. The van der Waals surface area contributed by atoms with Crippen LogP contribution in [0.2, 0.25) is 0 Å². The average Bonchev–Trinajstić information content (AvgIpc) is 2.18. The van der Waals surface area contributed by atoms with E-state index in [1.54, 1.807) is 24.3 Å². The summed E-state index contributed by atoms with van der Waals surface area (Å²) in [6, 6.07) is 6.96. The van der Waals surface area contributed by atoms with Gasteiger partial charge < -0.3 is 5.11 Å². The first-order chi connectivity index (χ1) is 7.86. The summed E-state index contributed by atoms with van der Waals surface area (Å²) in [6.45, 7) is 1.89. The summed E-state index contributed by atoms with van der Waals surface area (Å²) in [4.78, 5) is 10.9. The summed E-state index contributed by atoms with van der Waals surface area (Å²) < 4.78 is 27.9. The first-order valence-corrected chi connectivity index (χ1v) is 5.54. The van der Waals surface area contributed by atoms with E-state index in [0.717, 1.165) is 5.56 Å². The van der Waals surface area contributed by atoms with E-state index in [0.29, 0.717) is 5.56 Å². The maximum atomic E-state index is 13.9. The molecule has 0 saturated heterocycles. The quantitative estimate of drug-likeness (QED) is 0.860. The van der Waals surface area contributed by atoms with Crippen LogP contribution in [0, 0.1) is 12.3 Å². The van der Waals surface area contributed by atoms with Crippen molar-refractivity contribution in [2.45, 2.75) is 31.1 Å². The number of carboxylic acids is 1. The van der Waals surface area contributed by atoms with Gasteiger partial charge in [0.05, 0.1) is 5.41 Å². The minimum Gasteiger partial charge on any atom is -0.481 e. The SMILES string of the molecule is Cc1ccc(C23CC(C(=O)O)(C2)C3(F)F)cc1. The Hall–Kier alpha value is -1.45. The Morgan fingerprint density at radius 3 is 2.18 bits per heavy atom. The van der Waals surface area contributed by atoms with Gasteiger partial charge in [-0.1, -0.05) is 29.8 Å². The highest BCUT2D eigenvalue weighted by molar-refractivity contribution is 5.83. The van der Waals surface area contributed by atoms with Crippen LogP contribution in [0.15, 0.2) is 24.3 Å². The zero-order valence-corrected chi connectivity index (χ0v) is 9.34. The van der Waals surface area contributed by atoms with Crippen LogP contribution in [0.1, 0.15) is 24.0 Å². The molecule has 0 aliphatic heterocycles. The molecule has 0 spiro atoms. The van der Waals surface area contributed by atoms with Gasteiger partial charge in [-0.3, -0.25) is 4.79 Å². The predicted octanol–water partition coefficient (Wildman–Crippen LogP) is 2.75. The summed E-state index contributed by atoms with van der Waals surface area (Å²) in [7, 11) is 0. The number of rotatable bonds is 2. The number of benzene rings is 1. The Bertz CT molecular complexity index is 499. The van der Waals surface area contributed by atoms with E-state index in [9.17, 15) is 13.6 Å². The van der Waals surface area contributed by atoms with Crippen LogP contribution in [0.5, 0.6) is 0 Å². The molecule has 0 atom stereocenters. The second-order valence-corrected chi connectivity index (χ2v) is 5.26. The second kappa shape index (κ2) is 2.68. The van der Waals surface area contributed by atoms with Gasteiger partial charge in [0, 0.05) is 0 Å². The van der Waals surface area contributed by atoms with Crippen LogP contribution < -0.4 is 0 Å². The van der Waals surface area contributed by atoms with Gasteiger partial charge in [-0.2, -0.15) is 0 Å². The van der Waals surface area contributed by atoms with Gasteiger partial charge in [-0.05, 0) is 25.3 Å². The monoisotopic (exact) mass is 238 g/mol. The van der Waals surface area contributed by atoms with E-state index >= 15 is 0 Å². The maximum absolute atomic E-state index is 13.9. The lowest BCUT2D eigenvalue weighted by Gasteiger charge is -2.73. The molecule has 0 heterocycles. The van der Waals surface area contributed by atoms with Gasteiger partial charge in [0.2, 0.25) is 0 Å². The zero-order chi connectivity index (χ0) is 12.5. The summed E-state index contributed by atoms with van der Waals surface area (Å²) in [5.41, 5.74) is -1.44. The van der Waals surface area contributed by atoms with E-state index in [2.05, 4.69) is 0 Å². The molecule has 1 N–H and O–H groups in total. The van der Waals surface area contributed by atoms with Crippen molar-refractivity contribution >= 4 is 5.97 Å². The topological polar surface area (TPSA) is 37.3 Å². The van der Waals surface area contributed by atoms with Gasteiger partial charge in [0.25, 0.3) is 5.92 Å². The van der Waals surface area contributed by atoms with Crippen LogP contribution in [-0.2, 0) is 10.2 Å². The fraction of sp³-hybridized carbons (Fsp3) is 0.462. The van der Waals surface area contributed by atoms with Crippen molar-refractivity contribution in [3.8, 4) is 0 Å². The summed E-state index contributed by atoms with van der Waals surface area (Å²) in [5.74, 6) is -4.47. The molecule has 4 rings (SSSR count). The second-order valence-electron chi connectivity index (χ2n) is 5.26. The molecule has 1 aromatic carbocycles. The fourth-order valence-electron chi connectivity index (χ4n) is 3.21. The molecular formula is C13H12F2O2. The lowest BCUT2D eigenvalue weighted by atomic mass is 9.30. The highest BCUT2D eigenvalue weighted by Gasteiger charge is 2.91. The molecule has 1 aromatic rings. The molecule has 0 amide bonds. The number of aliphatic carboxylic acids is 1. The Morgan fingerprint density at radius 2 is 1.76 bits per heavy atom. The van der Waals surface area contributed by atoms with E-state index in [4.69, 9.17) is 5.11 Å². The summed E-state index contributed by atoms with van der Waals surface area (Å²) in [6.07, 6.45) is 0.122. The van der Waals surface area contributed by atoms with Crippen LogP contribution >= 0.6 is 0 Å². The summed E-state index contributed by atoms with van der Waals surface area (Å²) in [5, 5.41) is 8.89. The number of hydrogen-bond donors (Lipinski definition) is 1. The Kier molecular flexibility index (Phi) is 1.69. The van der Waals surface area contributed by atoms with Crippen molar-refractivity contribution in [2.75, 3.05) is 0 Å². The molecule has 2 nitrogen and oxygen atoms in total. The van der Waals surface area contributed by atoms with Crippen molar-refractivity contribution in [3.05, 3.63) is 35.4 Å². The lowest BCUT2D eigenvalue weighted by molar-refractivity contribution is -0.357. The number of halogens is 2. The van der Waals surface area contributed by atoms with Crippen molar-refractivity contribution < 1.29 is 18.7 Å². The molecule has 3 fully saturated rings. The number of carboxylic acid groups (broad SMARTS) is 1. The molecule has 0 radical (unpaired) electrons. The minimum absolute atomic E-state index is 0.0609. The molecular weight excluding hydrogens is 226 g/mol. The van der Waals surface area contributed by atoms with Gasteiger partial charge in [0.15, 0.2) is 0 Å². The van der Waals surface area contributed by atoms with Crippen LogP contribution in [-0.4, -0.2) is 17.0 Å². The molecule has 3 saturated carbocycles. The maximum Gasteiger partial charge on any atom is 0.315 e. The van der Waals surface area contributed by atoms with Crippen LogP contribution in [0.4, 0.5) is 8.78 Å². The van der Waals surface area contributed by atoms with E-state index in [1.807, 2.05) is 6.92 Å². The van der Waals surface area contributed by atoms with Gasteiger partial charge in [-0.25, -0.2) is 8.78 Å². The lowest BCUT2D eigenvalue weighted by Crippen LogP contribution is -2.83. The van der Waals surface area contributed by atoms with Crippen molar-refractivity contribution in [2.24, 2.45) is 5.41 Å². The molecule has 4 heteroatoms. The Labute approximate surface area is 97.3 Å². The van der Waals surface area contributed by atoms with Gasteiger partial charge in [-0.15, -0.1) is 0 Å². The Morgan fingerprint density at radius 1 is 1.24 bits per heavy atom. The zero-order valence-electron chi connectivity index (χ0n) is 9.34. The number of carbonyl (C=O) groups is 1. The minimum atomic E-state index is -3.11. The van der Waals surface area contributed by atoms with Gasteiger partial charge >= 0.3 is 5.97 Å². The largest absolute Gasteiger partial charge is 0.481 e. The normalized spacial score (nSPS) is 36.9. The molecule has 17 heavy (non-hydrogen) atoms. The van der Waals surface area contributed by atoms with Gasteiger partial charge in [0.1, 0.15) is 5.41 Å². The first kappa shape index (κ1) is 10.7.